The maximum Gasteiger partial charge on any atom is 0.314 e. The Morgan fingerprint density at radius 3 is 2.64 bits per heavy atom. The van der Waals surface area contributed by atoms with Crippen molar-refractivity contribution in [2.45, 2.75) is 45.1 Å². The number of carbonyl (C=O) groups is 1. The number of nitrogens with zero attached hydrogens (tertiary/aromatic N) is 2. The van der Waals surface area contributed by atoms with Gasteiger partial charge in [0, 0.05) is 36.0 Å². The topological polar surface area (TPSA) is 82.8 Å². The molecule has 1 aromatic rings. The summed E-state index contributed by atoms with van der Waals surface area (Å²) in [6.45, 7) is 9.46. The van der Waals surface area contributed by atoms with E-state index in [0.29, 0.717) is 19.1 Å². The number of hydrogen-bond donors (Lipinski definition) is 3. The molecule has 0 atom stereocenters. The van der Waals surface area contributed by atoms with Gasteiger partial charge in [0.15, 0.2) is 5.96 Å². The van der Waals surface area contributed by atoms with Crippen molar-refractivity contribution in [1.82, 2.24) is 15.5 Å². The predicted molar refractivity (Wildman–Crippen MR) is 116 cm³/mol. The molecule has 2 heterocycles. The fourth-order valence-electron chi connectivity index (χ4n) is 2.78. The second-order valence-electron chi connectivity index (χ2n) is 6.80. The molecule has 1 aromatic heterocycles. The highest BCUT2D eigenvalue weighted by Crippen LogP contribution is 2.27. The SMILES string of the molecule is CCNC(=NCC(C)(C)c1cccs1)NC1CCN(C(N)=O)CC1.I. The highest BCUT2D eigenvalue weighted by molar-refractivity contribution is 14.0. The van der Waals surface area contributed by atoms with Gasteiger partial charge in [-0.05, 0) is 31.2 Å². The minimum atomic E-state index is -0.327. The monoisotopic (exact) mass is 479 g/mol. The Balaban J connectivity index is 0.00000312. The molecule has 2 rings (SSSR count). The predicted octanol–water partition coefficient (Wildman–Crippen LogP) is 2.74. The minimum Gasteiger partial charge on any atom is -0.357 e. The minimum absolute atomic E-state index is 0. The van der Waals surface area contributed by atoms with E-state index >= 15 is 0 Å². The number of guanidine groups is 1. The number of carbonyl (C=O) groups excluding carboxylic acids is 1. The van der Waals surface area contributed by atoms with Crippen LogP contribution in [0.25, 0.3) is 0 Å². The molecule has 0 bridgehead atoms. The average Bonchev–Trinajstić information content (AvgIpc) is 3.09. The smallest absolute Gasteiger partial charge is 0.314 e. The maximum absolute atomic E-state index is 11.2. The van der Waals surface area contributed by atoms with E-state index in [2.05, 4.69) is 48.9 Å². The number of amides is 2. The highest BCUT2D eigenvalue weighted by Gasteiger charge is 2.24. The first kappa shape index (κ1) is 22.0. The zero-order valence-electron chi connectivity index (χ0n) is 15.2. The van der Waals surface area contributed by atoms with Gasteiger partial charge in [-0.25, -0.2) is 4.79 Å². The summed E-state index contributed by atoms with van der Waals surface area (Å²) >= 11 is 1.77. The Hall–Kier alpha value is -1.03. The number of likely N-dealkylation sites (tertiary alicyclic amines) is 1. The van der Waals surface area contributed by atoms with Crippen LogP contribution in [0, 0.1) is 0 Å². The normalized spacial score (nSPS) is 16.3. The first-order valence-corrected chi connectivity index (χ1v) is 9.43. The van der Waals surface area contributed by atoms with E-state index in [-0.39, 0.29) is 35.4 Å². The third-order valence-electron chi connectivity index (χ3n) is 4.31. The Kier molecular flexibility index (Phi) is 8.98. The van der Waals surface area contributed by atoms with E-state index in [1.54, 1.807) is 16.2 Å². The van der Waals surface area contributed by atoms with Crippen LogP contribution in [0.5, 0.6) is 0 Å². The van der Waals surface area contributed by atoms with E-state index in [1.165, 1.54) is 4.88 Å². The van der Waals surface area contributed by atoms with Gasteiger partial charge in [0.25, 0.3) is 0 Å². The summed E-state index contributed by atoms with van der Waals surface area (Å²) in [7, 11) is 0. The molecule has 0 spiro atoms. The van der Waals surface area contributed by atoms with Crippen molar-refractivity contribution in [3.63, 3.8) is 0 Å². The van der Waals surface area contributed by atoms with Gasteiger partial charge in [-0.1, -0.05) is 19.9 Å². The van der Waals surface area contributed by atoms with E-state index in [1.807, 2.05) is 0 Å². The lowest BCUT2D eigenvalue weighted by molar-refractivity contribution is 0.188. The Morgan fingerprint density at radius 2 is 2.12 bits per heavy atom. The molecule has 2 amide bonds. The van der Waals surface area contributed by atoms with Crippen molar-refractivity contribution in [2.24, 2.45) is 10.7 Å². The van der Waals surface area contributed by atoms with Gasteiger partial charge in [0.1, 0.15) is 0 Å². The highest BCUT2D eigenvalue weighted by atomic mass is 127. The van der Waals surface area contributed by atoms with Crippen LogP contribution in [0.15, 0.2) is 22.5 Å². The summed E-state index contributed by atoms with van der Waals surface area (Å²) in [5.41, 5.74) is 5.35. The van der Waals surface area contributed by atoms with Crippen LogP contribution < -0.4 is 16.4 Å². The number of nitrogens with one attached hydrogen (secondary N) is 2. The molecular formula is C17H30IN5OS. The van der Waals surface area contributed by atoms with Crippen molar-refractivity contribution in [3.05, 3.63) is 22.4 Å². The summed E-state index contributed by atoms with van der Waals surface area (Å²) in [5.74, 6) is 0.847. The first-order valence-electron chi connectivity index (χ1n) is 8.55. The fraction of sp³-hybridized carbons (Fsp3) is 0.647. The van der Waals surface area contributed by atoms with Gasteiger partial charge in [-0.2, -0.15) is 0 Å². The second-order valence-corrected chi connectivity index (χ2v) is 7.75. The summed E-state index contributed by atoms with van der Waals surface area (Å²) < 4.78 is 0. The van der Waals surface area contributed by atoms with Gasteiger partial charge in [-0.3, -0.25) is 4.99 Å². The number of primary amides is 1. The van der Waals surface area contributed by atoms with E-state index < -0.39 is 0 Å². The van der Waals surface area contributed by atoms with E-state index in [4.69, 9.17) is 10.7 Å². The third-order valence-corrected chi connectivity index (χ3v) is 5.55. The number of hydrogen-bond acceptors (Lipinski definition) is 3. The summed E-state index contributed by atoms with van der Waals surface area (Å²) in [6.07, 6.45) is 1.78. The largest absolute Gasteiger partial charge is 0.357 e. The zero-order valence-corrected chi connectivity index (χ0v) is 18.4. The lowest BCUT2D eigenvalue weighted by Crippen LogP contribution is -2.51. The number of thiophene rings is 1. The molecule has 8 heteroatoms. The van der Waals surface area contributed by atoms with Crippen molar-refractivity contribution >= 4 is 47.3 Å². The van der Waals surface area contributed by atoms with Crippen LogP contribution in [0.3, 0.4) is 0 Å². The quantitative estimate of drug-likeness (QED) is 0.345. The third kappa shape index (κ3) is 6.65. The van der Waals surface area contributed by atoms with Crippen LogP contribution in [-0.4, -0.2) is 49.1 Å². The maximum atomic E-state index is 11.2. The lowest BCUT2D eigenvalue weighted by Gasteiger charge is -2.32. The van der Waals surface area contributed by atoms with Gasteiger partial charge < -0.3 is 21.3 Å². The molecule has 6 nitrogen and oxygen atoms in total. The van der Waals surface area contributed by atoms with E-state index in [0.717, 1.165) is 31.9 Å². The van der Waals surface area contributed by atoms with Crippen molar-refractivity contribution in [2.75, 3.05) is 26.2 Å². The molecule has 4 N–H and O–H groups in total. The Morgan fingerprint density at radius 1 is 1.44 bits per heavy atom. The first-order chi connectivity index (χ1) is 11.4. The number of aliphatic imine (C=N–C) groups is 1. The molecule has 1 saturated heterocycles. The standard InChI is InChI=1S/C17H29N5OS.HI/c1-4-19-16(20-12-17(2,3)14-6-5-11-24-14)21-13-7-9-22(10-8-13)15(18)23;/h5-6,11,13H,4,7-10,12H2,1-3H3,(H2,18,23)(H2,19,20,21);1H. The molecular weight excluding hydrogens is 449 g/mol. The number of piperidine rings is 1. The van der Waals surface area contributed by atoms with Crippen LogP contribution in [0.1, 0.15) is 38.5 Å². The molecule has 0 saturated carbocycles. The second kappa shape index (κ2) is 10.2. The van der Waals surface area contributed by atoms with E-state index in [9.17, 15) is 4.79 Å². The number of rotatable bonds is 5. The molecule has 1 fully saturated rings. The van der Waals surface area contributed by atoms with Gasteiger partial charge in [0.05, 0.1) is 6.54 Å². The summed E-state index contributed by atoms with van der Waals surface area (Å²) in [5, 5.41) is 8.92. The van der Waals surface area contributed by atoms with Crippen molar-refractivity contribution in [3.8, 4) is 0 Å². The Labute approximate surface area is 171 Å². The summed E-state index contributed by atoms with van der Waals surface area (Å²) in [6, 6.07) is 4.25. The van der Waals surface area contributed by atoms with Gasteiger partial charge in [-0.15, -0.1) is 35.3 Å². The van der Waals surface area contributed by atoms with Crippen LogP contribution in [0.2, 0.25) is 0 Å². The fourth-order valence-corrected chi connectivity index (χ4v) is 3.62. The molecule has 142 valence electrons. The zero-order chi connectivity index (χ0) is 17.6. The molecule has 1 aliphatic rings. The Bertz CT molecular complexity index is 553. The molecule has 0 aliphatic carbocycles. The molecule has 25 heavy (non-hydrogen) atoms. The molecule has 0 aromatic carbocycles. The van der Waals surface area contributed by atoms with Gasteiger partial charge in [0.2, 0.25) is 0 Å². The van der Waals surface area contributed by atoms with Crippen molar-refractivity contribution in [1.29, 1.82) is 0 Å². The molecule has 1 aliphatic heterocycles. The van der Waals surface area contributed by atoms with Crippen LogP contribution in [-0.2, 0) is 5.41 Å². The number of nitrogens with two attached hydrogens (primary N) is 1. The molecule has 0 radical (unpaired) electrons. The van der Waals surface area contributed by atoms with Crippen LogP contribution >= 0.6 is 35.3 Å². The molecule has 0 unspecified atom stereocenters. The number of halogens is 1. The summed E-state index contributed by atoms with van der Waals surface area (Å²) in [4.78, 5) is 19.0. The van der Waals surface area contributed by atoms with Gasteiger partial charge >= 0.3 is 6.03 Å². The lowest BCUT2D eigenvalue weighted by atomic mass is 9.92. The number of urea groups is 1. The van der Waals surface area contributed by atoms with Crippen molar-refractivity contribution < 1.29 is 4.79 Å². The van der Waals surface area contributed by atoms with Crippen LogP contribution in [0.4, 0.5) is 4.79 Å². The average molecular weight is 479 g/mol.